The molecule has 1 saturated heterocycles. The molecule has 2 aromatic carbocycles. The van der Waals surface area contributed by atoms with E-state index in [1.165, 1.54) is 18.5 Å². The van der Waals surface area contributed by atoms with Gasteiger partial charge in [0.25, 0.3) is 0 Å². The van der Waals surface area contributed by atoms with E-state index in [9.17, 15) is 5.11 Å². The van der Waals surface area contributed by atoms with Gasteiger partial charge in [0.2, 0.25) is 0 Å². The van der Waals surface area contributed by atoms with Crippen LogP contribution in [-0.4, -0.2) is 49.5 Å². The van der Waals surface area contributed by atoms with Crippen molar-refractivity contribution >= 4 is 27.5 Å². The van der Waals surface area contributed by atoms with Crippen molar-refractivity contribution in [2.24, 2.45) is 7.05 Å². The van der Waals surface area contributed by atoms with Crippen LogP contribution in [0.25, 0.3) is 33.2 Å². The Hall–Kier alpha value is -1.14. The molecule has 1 spiro atoms. The summed E-state index contributed by atoms with van der Waals surface area (Å²) in [7, 11) is 1.88. The third-order valence-corrected chi connectivity index (χ3v) is 6.69. The van der Waals surface area contributed by atoms with E-state index in [0.717, 1.165) is 40.5 Å². The van der Waals surface area contributed by atoms with Crippen LogP contribution in [0.15, 0.2) is 36.7 Å². The van der Waals surface area contributed by atoms with Crippen LogP contribution in [-0.2, 0) is 7.05 Å². The van der Waals surface area contributed by atoms with Gasteiger partial charge >= 0.3 is 68.9 Å². The number of phenols is 1. The summed E-state index contributed by atoms with van der Waals surface area (Å²) < 4.78 is 1.76. The van der Waals surface area contributed by atoms with Crippen molar-refractivity contribution in [1.82, 2.24) is 25.1 Å². The van der Waals surface area contributed by atoms with Crippen LogP contribution in [0.1, 0.15) is 25.3 Å². The number of anilines is 1. The Kier molecular flexibility index (Phi) is 6.92. The number of aromatic nitrogens is 4. The van der Waals surface area contributed by atoms with Gasteiger partial charge in [-0.1, -0.05) is 0 Å². The first-order chi connectivity index (χ1) is 14.9. The number of nitrogens with one attached hydrogen (secondary N) is 1. The van der Waals surface area contributed by atoms with E-state index in [4.69, 9.17) is 4.98 Å². The molecule has 1 aliphatic heterocycles. The SMILES string of the molecule is Cc1c(O)c(-c2ncc3cc(N4C[C@H](C)NC5(CC5)C4)ccc3n2)cc2cn(C)nc12.[CH3-].[Cs+]. The van der Waals surface area contributed by atoms with Crippen molar-refractivity contribution in [1.29, 1.82) is 0 Å². The molecule has 4 aromatic rings. The molecule has 1 saturated carbocycles. The monoisotopic (exact) mass is 562 g/mol. The van der Waals surface area contributed by atoms with Gasteiger partial charge in [-0.15, -0.1) is 0 Å². The van der Waals surface area contributed by atoms with E-state index < -0.39 is 0 Å². The van der Waals surface area contributed by atoms with Crippen molar-refractivity contribution < 1.29 is 74.0 Å². The standard InChI is InChI=1S/C24H26N6O.CH3.Cs/c1-14-11-30(13-24(27-14)6-7-24)18-4-5-20-16(8-18)10-25-23(26-20)19-9-17-12-29(3)28-21(17)15(2)22(19)31;;/h4-5,8-10,12,14,27,31H,6-7,11,13H2,1-3H3;1H3;/q;-1;+1/t14-;;/m0../s1. The molecule has 0 amide bonds. The fourth-order valence-corrected chi connectivity index (χ4v) is 4.98. The summed E-state index contributed by atoms with van der Waals surface area (Å²) in [6, 6.07) is 8.80. The molecule has 0 unspecified atom stereocenters. The number of piperazine rings is 1. The number of aromatic hydroxyl groups is 1. The van der Waals surface area contributed by atoms with E-state index >= 15 is 0 Å². The first-order valence-corrected chi connectivity index (χ1v) is 10.9. The average molecular weight is 562 g/mol. The number of benzene rings is 2. The van der Waals surface area contributed by atoms with Crippen LogP contribution in [0.3, 0.4) is 0 Å². The van der Waals surface area contributed by atoms with Crippen LogP contribution < -0.4 is 79.1 Å². The zero-order valence-electron chi connectivity index (χ0n) is 20.1. The molecule has 2 aliphatic rings. The van der Waals surface area contributed by atoms with Gasteiger partial charge in [-0.3, -0.25) is 4.68 Å². The van der Waals surface area contributed by atoms with Crippen LogP contribution in [0.5, 0.6) is 5.75 Å². The molecule has 6 rings (SSSR count). The minimum absolute atomic E-state index is 0. The number of rotatable bonds is 2. The van der Waals surface area contributed by atoms with Gasteiger partial charge in [0.1, 0.15) is 5.75 Å². The summed E-state index contributed by atoms with van der Waals surface area (Å²) in [5.41, 5.74) is 4.59. The third-order valence-electron chi connectivity index (χ3n) is 6.69. The summed E-state index contributed by atoms with van der Waals surface area (Å²) >= 11 is 0. The maximum atomic E-state index is 10.8. The molecule has 2 N–H and O–H groups in total. The molecule has 8 heteroatoms. The largest absolute Gasteiger partial charge is 1.00 e. The van der Waals surface area contributed by atoms with Gasteiger partial charge in [0.05, 0.1) is 16.6 Å². The fourth-order valence-electron chi connectivity index (χ4n) is 4.98. The summed E-state index contributed by atoms with van der Waals surface area (Å²) in [4.78, 5) is 11.9. The zero-order chi connectivity index (χ0) is 21.3. The molecule has 0 bridgehead atoms. The van der Waals surface area contributed by atoms with E-state index in [1.54, 1.807) is 4.68 Å². The summed E-state index contributed by atoms with van der Waals surface area (Å²) in [6.45, 7) is 6.20. The zero-order valence-corrected chi connectivity index (χ0v) is 26.3. The molecule has 33 heavy (non-hydrogen) atoms. The minimum Gasteiger partial charge on any atom is -0.507 e. The Morgan fingerprint density at radius 3 is 2.73 bits per heavy atom. The van der Waals surface area contributed by atoms with Gasteiger partial charge < -0.3 is 22.7 Å². The maximum absolute atomic E-state index is 10.8. The van der Waals surface area contributed by atoms with Crippen LogP contribution >= 0.6 is 0 Å². The summed E-state index contributed by atoms with van der Waals surface area (Å²) in [5, 5.41) is 21.0. The van der Waals surface area contributed by atoms with Crippen molar-refractivity contribution in [2.75, 3.05) is 18.0 Å². The van der Waals surface area contributed by atoms with E-state index in [-0.39, 0.29) is 82.1 Å². The molecule has 2 fully saturated rings. The Labute approximate surface area is 253 Å². The number of phenolic OH excluding ortho intramolecular Hbond substituents is 1. The van der Waals surface area contributed by atoms with E-state index in [0.29, 0.717) is 23.0 Å². The summed E-state index contributed by atoms with van der Waals surface area (Å²) in [6.07, 6.45) is 6.33. The predicted octanol–water partition coefficient (Wildman–Crippen LogP) is 0.983. The number of fused-ring (bicyclic) bond motifs is 2. The molecule has 2 aromatic heterocycles. The third kappa shape index (κ3) is 4.47. The topological polar surface area (TPSA) is 79.1 Å². The molecule has 7 nitrogen and oxygen atoms in total. The van der Waals surface area contributed by atoms with Crippen molar-refractivity contribution in [2.45, 2.75) is 38.3 Å². The van der Waals surface area contributed by atoms with Crippen molar-refractivity contribution in [3.8, 4) is 17.1 Å². The normalized spacial score (nSPS) is 18.9. The second-order valence-corrected chi connectivity index (χ2v) is 9.28. The van der Waals surface area contributed by atoms with Crippen LogP contribution in [0.2, 0.25) is 0 Å². The molecule has 3 heterocycles. The number of hydrogen-bond acceptors (Lipinski definition) is 6. The number of nitrogens with zero attached hydrogens (tertiary/aromatic N) is 5. The Morgan fingerprint density at radius 2 is 1.97 bits per heavy atom. The van der Waals surface area contributed by atoms with Gasteiger partial charge in [-0.2, -0.15) is 5.10 Å². The van der Waals surface area contributed by atoms with Gasteiger partial charge in [0, 0.05) is 66.1 Å². The second-order valence-electron chi connectivity index (χ2n) is 9.28. The molecule has 166 valence electrons. The predicted molar refractivity (Wildman–Crippen MR) is 129 cm³/mol. The van der Waals surface area contributed by atoms with Crippen LogP contribution in [0.4, 0.5) is 5.69 Å². The van der Waals surface area contributed by atoms with Gasteiger partial charge in [-0.05, 0) is 51.0 Å². The Morgan fingerprint density at radius 1 is 1.18 bits per heavy atom. The van der Waals surface area contributed by atoms with Crippen molar-refractivity contribution in [3.05, 3.63) is 49.6 Å². The van der Waals surface area contributed by atoms with Crippen molar-refractivity contribution in [3.63, 3.8) is 0 Å². The Balaban J connectivity index is 0.00000130. The number of aryl methyl sites for hydroxylation is 2. The van der Waals surface area contributed by atoms with Crippen LogP contribution in [0, 0.1) is 14.4 Å². The molecule has 1 atom stereocenters. The van der Waals surface area contributed by atoms with Gasteiger partial charge in [-0.25, -0.2) is 9.97 Å². The maximum Gasteiger partial charge on any atom is 1.00 e. The quantitative estimate of drug-likeness (QED) is 0.355. The van der Waals surface area contributed by atoms with E-state index in [2.05, 4.69) is 45.4 Å². The molecular weight excluding hydrogens is 533 g/mol. The second kappa shape index (κ2) is 9.14. The average Bonchev–Trinajstić information content (AvgIpc) is 3.37. The summed E-state index contributed by atoms with van der Waals surface area (Å²) in [5.74, 6) is 0.714. The molecule has 0 radical (unpaired) electrons. The minimum atomic E-state index is 0. The smallest absolute Gasteiger partial charge is 0.507 e. The van der Waals surface area contributed by atoms with Gasteiger partial charge in [0.15, 0.2) is 5.82 Å². The van der Waals surface area contributed by atoms with E-state index in [1.807, 2.05) is 32.4 Å². The fraction of sp³-hybridized carbons (Fsp3) is 0.360. The molecule has 1 aliphatic carbocycles. The molecular formula is C25H29CsN6O. The Bertz CT molecular complexity index is 1350. The number of hydrogen-bond donors (Lipinski definition) is 2. The first kappa shape index (κ1) is 25.0. The first-order valence-electron chi connectivity index (χ1n) is 10.9.